The summed E-state index contributed by atoms with van der Waals surface area (Å²) in [6, 6.07) is 0. The normalized spacial score (nSPS) is 35.4. The number of hydrogen-bond donors (Lipinski definition) is 0. The molecule has 102 valence electrons. The molecule has 2 aliphatic rings. The fourth-order valence-electron chi connectivity index (χ4n) is 3.74. The number of carbonyl (C=O) groups is 2. The number of carbonyl (C=O) groups excluding carboxylic acids is 2. The SMILES string of the molecule is COC(=O)[C@@H]1C2CCCCCCC2[C@@H]1C(=O)OC. The van der Waals surface area contributed by atoms with Crippen LogP contribution in [0, 0.1) is 23.7 Å². The average molecular weight is 254 g/mol. The van der Waals surface area contributed by atoms with Crippen LogP contribution >= 0.6 is 0 Å². The Kier molecular flexibility index (Phi) is 4.25. The maximum atomic E-state index is 11.8. The number of hydrogen-bond acceptors (Lipinski definition) is 4. The number of rotatable bonds is 2. The van der Waals surface area contributed by atoms with Gasteiger partial charge < -0.3 is 9.47 Å². The number of ether oxygens (including phenoxy) is 2. The van der Waals surface area contributed by atoms with E-state index in [0.29, 0.717) is 11.8 Å². The van der Waals surface area contributed by atoms with E-state index < -0.39 is 0 Å². The van der Waals surface area contributed by atoms with Crippen molar-refractivity contribution in [3.05, 3.63) is 0 Å². The van der Waals surface area contributed by atoms with Crippen molar-refractivity contribution < 1.29 is 19.1 Å². The van der Waals surface area contributed by atoms with Crippen LogP contribution < -0.4 is 0 Å². The van der Waals surface area contributed by atoms with Crippen molar-refractivity contribution in [2.75, 3.05) is 14.2 Å². The summed E-state index contributed by atoms with van der Waals surface area (Å²) >= 11 is 0. The van der Waals surface area contributed by atoms with Gasteiger partial charge in [0.2, 0.25) is 0 Å². The Morgan fingerprint density at radius 2 is 1.17 bits per heavy atom. The molecule has 2 rings (SSSR count). The van der Waals surface area contributed by atoms with Crippen LogP contribution in [0.15, 0.2) is 0 Å². The molecule has 0 bridgehead atoms. The van der Waals surface area contributed by atoms with E-state index in [-0.39, 0.29) is 23.8 Å². The molecule has 2 aliphatic carbocycles. The summed E-state index contributed by atoms with van der Waals surface area (Å²) in [5.74, 6) is -0.390. The Morgan fingerprint density at radius 1 is 0.778 bits per heavy atom. The molecule has 4 nitrogen and oxygen atoms in total. The van der Waals surface area contributed by atoms with Gasteiger partial charge in [0.25, 0.3) is 0 Å². The van der Waals surface area contributed by atoms with Crippen LogP contribution in [0.1, 0.15) is 38.5 Å². The monoisotopic (exact) mass is 254 g/mol. The number of methoxy groups -OCH3 is 2. The molecule has 18 heavy (non-hydrogen) atoms. The van der Waals surface area contributed by atoms with Crippen LogP contribution in [0.3, 0.4) is 0 Å². The van der Waals surface area contributed by atoms with Gasteiger partial charge in [-0.25, -0.2) is 0 Å². The van der Waals surface area contributed by atoms with Crippen molar-refractivity contribution >= 4 is 11.9 Å². The molecule has 0 aromatic carbocycles. The van der Waals surface area contributed by atoms with Crippen LogP contribution in [0.5, 0.6) is 0 Å². The van der Waals surface area contributed by atoms with E-state index in [1.54, 1.807) is 0 Å². The van der Waals surface area contributed by atoms with Crippen molar-refractivity contribution in [2.24, 2.45) is 23.7 Å². The second-order valence-corrected chi connectivity index (χ2v) is 5.42. The predicted octanol–water partition coefficient (Wildman–Crippen LogP) is 2.17. The Labute approximate surface area is 108 Å². The van der Waals surface area contributed by atoms with Crippen molar-refractivity contribution in [3.8, 4) is 0 Å². The molecule has 4 heteroatoms. The summed E-state index contributed by atoms with van der Waals surface area (Å²) in [4.78, 5) is 23.7. The highest BCUT2D eigenvalue weighted by Gasteiger charge is 2.57. The Balaban J connectivity index is 2.14. The summed E-state index contributed by atoms with van der Waals surface area (Å²) < 4.78 is 9.71. The zero-order chi connectivity index (χ0) is 13.1. The van der Waals surface area contributed by atoms with Crippen molar-refractivity contribution in [1.29, 1.82) is 0 Å². The molecule has 0 saturated heterocycles. The summed E-state index contributed by atoms with van der Waals surface area (Å²) in [7, 11) is 2.79. The Bertz CT molecular complexity index is 294. The molecule has 0 N–H and O–H groups in total. The molecule has 4 atom stereocenters. The largest absolute Gasteiger partial charge is 0.469 e. The molecule has 2 saturated carbocycles. The van der Waals surface area contributed by atoms with Crippen molar-refractivity contribution in [2.45, 2.75) is 38.5 Å². The van der Waals surface area contributed by atoms with Crippen LogP contribution in [0.25, 0.3) is 0 Å². The first-order valence-electron chi connectivity index (χ1n) is 6.86. The maximum absolute atomic E-state index is 11.8. The van der Waals surface area contributed by atoms with Gasteiger partial charge in [-0.05, 0) is 24.7 Å². The topological polar surface area (TPSA) is 52.6 Å². The summed E-state index contributed by atoms with van der Waals surface area (Å²) in [6.07, 6.45) is 6.86. The van der Waals surface area contributed by atoms with Gasteiger partial charge in [-0.1, -0.05) is 25.7 Å². The maximum Gasteiger partial charge on any atom is 0.309 e. The fourth-order valence-corrected chi connectivity index (χ4v) is 3.74. The number of esters is 2. The molecule has 0 aromatic rings. The van der Waals surface area contributed by atoms with Crippen molar-refractivity contribution in [3.63, 3.8) is 0 Å². The molecule has 0 spiro atoms. The summed E-state index contributed by atoms with van der Waals surface area (Å²) in [5.41, 5.74) is 0. The van der Waals surface area contributed by atoms with Gasteiger partial charge in [0.15, 0.2) is 0 Å². The molecule has 0 aliphatic heterocycles. The minimum absolute atomic E-state index is 0.243. The summed E-state index contributed by atoms with van der Waals surface area (Å²) in [5, 5.41) is 0. The van der Waals surface area contributed by atoms with Gasteiger partial charge in [0.1, 0.15) is 0 Å². The summed E-state index contributed by atoms with van der Waals surface area (Å²) in [6.45, 7) is 0. The van der Waals surface area contributed by atoms with E-state index in [4.69, 9.17) is 9.47 Å². The molecular weight excluding hydrogens is 232 g/mol. The highest BCUT2D eigenvalue weighted by Crippen LogP contribution is 2.52. The molecule has 0 aromatic heterocycles. The van der Waals surface area contributed by atoms with Gasteiger partial charge in [-0.15, -0.1) is 0 Å². The van der Waals surface area contributed by atoms with Crippen LogP contribution in [-0.2, 0) is 19.1 Å². The lowest BCUT2D eigenvalue weighted by molar-refractivity contribution is -0.180. The standard InChI is InChI=1S/C14H22O4/c1-17-13(15)11-9-7-5-3-4-6-8-10(9)12(11)14(16)18-2/h9-12H,3-8H2,1-2H3/t9?,10?,11-,12+. The highest BCUT2D eigenvalue weighted by atomic mass is 16.5. The Hall–Kier alpha value is -1.06. The first-order chi connectivity index (χ1) is 8.70. The lowest BCUT2D eigenvalue weighted by Gasteiger charge is -2.50. The van der Waals surface area contributed by atoms with Crippen LogP contribution in [-0.4, -0.2) is 26.2 Å². The molecule has 0 radical (unpaired) electrons. The first kappa shape index (κ1) is 13.4. The lowest BCUT2D eigenvalue weighted by Crippen LogP contribution is -2.55. The molecular formula is C14H22O4. The molecule has 2 unspecified atom stereocenters. The fraction of sp³-hybridized carbons (Fsp3) is 0.857. The molecule has 0 heterocycles. The minimum atomic E-state index is -0.273. The average Bonchev–Trinajstić information content (AvgIpc) is 2.35. The zero-order valence-electron chi connectivity index (χ0n) is 11.2. The predicted molar refractivity (Wildman–Crippen MR) is 65.7 cm³/mol. The van der Waals surface area contributed by atoms with E-state index in [9.17, 15) is 9.59 Å². The Morgan fingerprint density at radius 3 is 1.50 bits per heavy atom. The minimum Gasteiger partial charge on any atom is -0.469 e. The number of fused-ring (bicyclic) bond motifs is 1. The van der Waals surface area contributed by atoms with Gasteiger partial charge in [-0.2, -0.15) is 0 Å². The lowest BCUT2D eigenvalue weighted by atomic mass is 9.53. The van der Waals surface area contributed by atoms with E-state index >= 15 is 0 Å². The third kappa shape index (κ3) is 2.25. The van der Waals surface area contributed by atoms with Gasteiger partial charge in [-0.3, -0.25) is 9.59 Å². The van der Waals surface area contributed by atoms with Crippen LogP contribution in [0.2, 0.25) is 0 Å². The highest BCUT2D eigenvalue weighted by molar-refractivity contribution is 5.84. The van der Waals surface area contributed by atoms with Gasteiger partial charge >= 0.3 is 11.9 Å². The third-order valence-corrected chi connectivity index (χ3v) is 4.63. The van der Waals surface area contributed by atoms with Crippen molar-refractivity contribution in [1.82, 2.24) is 0 Å². The molecule has 0 amide bonds. The van der Waals surface area contributed by atoms with Gasteiger partial charge in [0, 0.05) is 0 Å². The van der Waals surface area contributed by atoms with E-state index in [1.807, 2.05) is 0 Å². The zero-order valence-corrected chi connectivity index (χ0v) is 11.2. The second-order valence-electron chi connectivity index (χ2n) is 5.42. The van der Waals surface area contributed by atoms with E-state index in [0.717, 1.165) is 25.7 Å². The smallest absolute Gasteiger partial charge is 0.309 e. The van der Waals surface area contributed by atoms with E-state index in [2.05, 4.69) is 0 Å². The van der Waals surface area contributed by atoms with E-state index in [1.165, 1.54) is 27.1 Å². The first-order valence-corrected chi connectivity index (χ1v) is 6.86. The quantitative estimate of drug-likeness (QED) is 0.709. The van der Waals surface area contributed by atoms with Gasteiger partial charge in [0.05, 0.1) is 26.1 Å². The molecule has 2 fully saturated rings. The van der Waals surface area contributed by atoms with Crippen LogP contribution in [0.4, 0.5) is 0 Å². The second kappa shape index (κ2) is 5.72. The third-order valence-electron chi connectivity index (χ3n) is 4.63.